The molecule has 0 bridgehead atoms. The van der Waals surface area contributed by atoms with Crippen LogP contribution >= 0.6 is 0 Å². The van der Waals surface area contributed by atoms with Gasteiger partial charge < -0.3 is 49.4 Å². The largest absolute Gasteiger partial charge is 0.497 e. The molecule has 16 rings (SSSR count). The molecule has 0 spiro atoms. The highest BCUT2D eigenvalue weighted by atomic mass is 16.6. The Kier molecular flexibility index (Phi) is 34.4. The summed E-state index contributed by atoms with van der Waals surface area (Å²) in [7, 11) is 8.54. The van der Waals surface area contributed by atoms with E-state index in [9.17, 15) is 38.4 Å². The molecule has 34 heteroatoms. The van der Waals surface area contributed by atoms with Gasteiger partial charge in [-0.3, -0.25) is 60.3 Å². The number of methoxy groups -OCH3 is 2. The number of rotatable bonds is 23. The van der Waals surface area contributed by atoms with Crippen LogP contribution in [0.2, 0.25) is 0 Å². The van der Waals surface area contributed by atoms with Crippen LogP contribution in [-0.4, -0.2) is 159 Å². The number of para-hydroxylation sites is 3. The summed E-state index contributed by atoms with van der Waals surface area (Å²) in [6, 6.07) is 87.6. The molecule has 0 aliphatic carbocycles. The van der Waals surface area contributed by atoms with E-state index in [4.69, 9.17) is 23.7 Å². The quantitative estimate of drug-likeness (QED) is 0.0295. The summed E-state index contributed by atoms with van der Waals surface area (Å²) in [5.41, 5.74) is 9.31. The average molecular weight is 1810 g/mol. The molecule has 1 aliphatic rings. The first-order valence-corrected chi connectivity index (χ1v) is 42.0. The molecule has 1 aliphatic heterocycles. The van der Waals surface area contributed by atoms with E-state index in [1.165, 1.54) is 17.2 Å². The van der Waals surface area contributed by atoms with Crippen LogP contribution in [-0.2, 0) is 4.74 Å². The SMILES string of the molecule is COc1cccc(C(=O)N(C)c2nccc(N(C)C)n2)c1.COc1cccc(C(=O)Nc2nccc(Nc3ccccc3)n2)c1.Cc1cccc(C(=O)Nc2cc(-c3ccccc3)nc(NC(=O)c3cccc(C)c3)n2)c1.Cc1cccc(C(=O)Nc2cc(N3CCOCC3)nc(NC(=O)c3cccc(C)c3)n2)c1.O=C(Nc1ccnc(NC(=O)Oc2ccccc2)n1)Oc1ccccc1. The topological polar surface area (TPSA) is 418 Å². The van der Waals surface area contributed by atoms with Crippen LogP contribution < -0.4 is 76.2 Å². The Labute approximate surface area is 778 Å². The molecule has 6 heterocycles. The van der Waals surface area contributed by atoms with Gasteiger partial charge in [0, 0.05) is 110 Å². The molecule has 8 amide bonds. The second-order valence-corrected chi connectivity index (χ2v) is 29.7. The Hall–Kier alpha value is -18.1. The fraction of sp³-hybridized carbons (Fsp3) is 0.129. The maximum Gasteiger partial charge on any atom is 0.419 e. The number of ether oxygens (including phenoxy) is 5. The van der Waals surface area contributed by atoms with Crippen molar-refractivity contribution in [2.24, 2.45) is 0 Å². The van der Waals surface area contributed by atoms with Crippen LogP contribution in [0.4, 0.5) is 79.9 Å². The zero-order valence-electron chi connectivity index (χ0n) is 75.0. The molecule has 10 aromatic carbocycles. The van der Waals surface area contributed by atoms with E-state index in [-0.39, 0.29) is 65.1 Å². The van der Waals surface area contributed by atoms with Crippen LogP contribution in [0.25, 0.3) is 11.3 Å². The van der Waals surface area contributed by atoms with E-state index in [2.05, 4.69) is 92.4 Å². The Balaban J connectivity index is 0.000000153. The molecule has 682 valence electrons. The van der Waals surface area contributed by atoms with Crippen LogP contribution in [0.5, 0.6) is 23.0 Å². The lowest BCUT2D eigenvalue weighted by Crippen LogP contribution is -2.37. The monoisotopic (exact) mass is 1810 g/mol. The number of carbonyl (C=O) groups is 8. The van der Waals surface area contributed by atoms with Gasteiger partial charge in [-0.15, -0.1) is 0 Å². The number of aromatic nitrogens is 10. The third-order valence-corrected chi connectivity index (χ3v) is 19.2. The van der Waals surface area contributed by atoms with Gasteiger partial charge in [-0.1, -0.05) is 168 Å². The summed E-state index contributed by atoms with van der Waals surface area (Å²) < 4.78 is 25.8. The minimum atomic E-state index is -0.750. The molecule has 1 saturated heterocycles. The molecule has 0 radical (unpaired) electrons. The fourth-order valence-electron chi connectivity index (χ4n) is 12.5. The van der Waals surface area contributed by atoms with E-state index in [1.54, 1.807) is 210 Å². The highest BCUT2D eigenvalue weighted by Gasteiger charge is 2.23. The van der Waals surface area contributed by atoms with Crippen molar-refractivity contribution in [1.82, 2.24) is 49.8 Å². The van der Waals surface area contributed by atoms with Gasteiger partial charge in [0.1, 0.15) is 57.9 Å². The summed E-state index contributed by atoms with van der Waals surface area (Å²) in [5.74, 6) is 3.83. The molecule has 0 atom stereocenters. The lowest BCUT2D eigenvalue weighted by atomic mass is 10.1. The number of aryl methyl sites for hydroxylation is 4. The molecular weight excluding hydrogens is 1720 g/mol. The third kappa shape index (κ3) is 30.0. The van der Waals surface area contributed by atoms with Crippen molar-refractivity contribution < 1.29 is 62.0 Å². The maximum absolute atomic E-state index is 12.8. The summed E-state index contributed by atoms with van der Waals surface area (Å²) in [5, 5.41) is 21.8. The van der Waals surface area contributed by atoms with Gasteiger partial charge in [0.15, 0.2) is 0 Å². The van der Waals surface area contributed by atoms with E-state index in [1.807, 2.05) is 167 Å². The van der Waals surface area contributed by atoms with Crippen LogP contribution in [0.15, 0.2) is 316 Å². The first kappa shape index (κ1) is 96.0. The van der Waals surface area contributed by atoms with Crippen molar-refractivity contribution in [3.8, 4) is 34.3 Å². The number of hydrogen-bond acceptors (Lipinski definition) is 26. The van der Waals surface area contributed by atoms with Gasteiger partial charge in [-0.05, 0) is 167 Å². The normalized spacial score (nSPS) is 10.9. The minimum Gasteiger partial charge on any atom is -0.497 e. The number of morpholine rings is 1. The number of carbonyl (C=O) groups excluding carboxylic acids is 8. The van der Waals surface area contributed by atoms with E-state index in [0.717, 1.165) is 39.3 Å². The minimum absolute atomic E-state index is 0.0246. The van der Waals surface area contributed by atoms with Crippen molar-refractivity contribution in [1.29, 1.82) is 0 Å². The van der Waals surface area contributed by atoms with E-state index in [0.29, 0.717) is 118 Å². The van der Waals surface area contributed by atoms with Crippen molar-refractivity contribution >= 4 is 118 Å². The lowest BCUT2D eigenvalue weighted by Gasteiger charge is -2.28. The summed E-state index contributed by atoms with van der Waals surface area (Å²) in [4.78, 5) is 147. The number of anilines is 12. The van der Waals surface area contributed by atoms with Crippen molar-refractivity contribution in [3.63, 3.8) is 0 Å². The number of nitrogens with zero attached hydrogens (tertiary/aromatic N) is 13. The summed E-state index contributed by atoms with van der Waals surface area (Å²) in [6.07, 6.45) is 3.13. The molecular formula is C101H95N21O13. The fourth-order valence-corrected chi connectivity index (χ4v) is 12.5. The van der Waals surface area contributed by atoms with Gasteiger partial charge >= 0.3 is 12.2 Å². The average Bonchev–Trinajstić information content (AvgIpc) is 0.817. The molecule has 15 aromatic rings. The molecule has 0 saturated carbocycles. The first-order valence-electron chi connectivity index (χ1n) is 42.0. The summed E-state index contributed by atoms with van der Waals surface area (Å²) >= 11 is 0. The molecule has 1 fully saturated rings. The van der Waals surface area contributed by atoms with Gasteiger partial charge in [0.2, 0.25) is 29.7 Å². The van der Waals surface area contributed by atoms with Gasteiger partial charge in [0.05, 0.1) is 33.1 Å². The highest BCUT2D eigenvalue weighted by molar-refractivity contribution is 6.08. The Bertz CT molecular complexity index is 6380. The van der Waals surface area contributed by atoms with Crippen molar-refractivity contribution in [2.75, 3.05) is 119 Å². The Morgan fingerprint density at radius 1 is 0.341 bits per heavy atom. The Morgan fingerprint density at radius 3 is 1.23 bits per heavy atom. The number of nitrogens with one attached hydrogen (secondary N) is 8. The lowest BCUT2D eigenvalue weighted by molar-refractivity contribution is 0.0986. The zero-order valence-corrected chi connectivity index (χ0v) is 75.0. The van der Waals surface area contributed by atoms with Gasteiger partial charge in [-0.25, -0.2) is 29.5 Å². The van der Waals surface area contributed by atoms with Crippen LogP contribution in [0, 0.1) is 27.7 Å². The molecule has 34 nitrogen and oxygen atoms in total. The smallest absolute Gasteiger partial charge is 0.419 e. The predicted molar refractivity (Wildman–Crippen MR) is 518 cm³/mol. The van der Waals surface area contributed by atoms with Crippen molar-refractivity contribution in [3.05, 3.63) is 371 Å². The standard InChI is InChI=1S/C26H22N4O2.C24H25N5O3.C18H14N4O4.C18H16N4O2.C15H18N4O2/c1-17-8-6-12-20(14-17)24(31)28-23-16-22(19-10-4-3-5-11-19)27-26(29-23)30-25(32)21-13-7-9-18(2)15-21;1-16-5-3-7-18(13-16)22(30)25-20-15-21(29-9-11-32-12-10-29)27-24(26-20)28-23(31)19-8-4-6-17(2)14-19;23-17(25-13-7-3-1-4-8-13)21-15-11-12-19-16(20-15)22-18(24)26-14-9-5-2-6-10-14;1-24-15-9-5-6-13(12-15)17(23)22-18-19-11-10-16(21-18)20-14-7-3-2-4-8-14;1-18(2)13-8-9-16-15(17-13)19(3)14(20)11-6-5-7-12(10-11)21-4/h3-16H,1-2H3,(H2,27,28,29,30,31,32);3-8,13-15H,9-12H2,1-2H3,(H2,25,26,27,28,30,31);1-12H,(H2,19,20,21,22,23,24);2-12H,1H3,(H2,19,20,21,22,23);5-10H,1-4H3. The summed E-state index contributed by atoms with van der Waals surface area (Å²) in [6.45, 7) is 10.2. The van der Waals surface area contributed by atoms with Gasteiger partial charge in [0.25, 0.3) is 35.4 Å². The van der Waals surface area contributed by atoms with Crippen molar-refractivity contribution in [2.45, 2.75) is 27.7 Å². The number of amides is 8. The van der Waals surface area contributed by atoms with E-state index < -0.39 is 12.2 Å². The maximum atomic E-state index is 12.8. The second-order valence-electron chi connectivity index (χ2n) is 29.7. The zero-order chi connectivity index (χ0) is 95.4. The molecule has 0 unspecified atom stereocenters. The molecule has 8 N–H and O–H groups in total. The first-order chi connectivity index (χ1) is 65.4. The predicted octanol–water partition coefficient (Wildman–Crippen LogP) is 17.7. The Morgan fingerprint density at radius 2 is 0.733 bits per heavy atom. The molecule has 5 aromatic heterocycles. The van der Waals surface area contributed by atoms with Crippen LogP contribution in [0.1, 0.15) is 84.4 Å². The molecule has 135 heavy (non-hydrogen) atoms. The number of benzene rings is 10. The van der Waals surface area contributed by atoms with Crippen LogP contribution in [0.3, 0.4) is 0 Å². The second kappa shape index (κ2) is 48.4. The third-order valence-electron chi connectivity index (χ3n) is 19.2. The van der Waals surface area contributed by atoms with Gasteiger partial charge in [-0.2, -0.15) is 29.9 Å². The number of hydrogen-bond donors (Lipinski definition) is 8. The highest BCUT2D eigenvalue weighted by Crippen LogP contribution is 2.27. The van der Waals surface area contributed by atoms with E-state index >= 15 is 0 Å².